The first kappa shape index (κ1) is 16.9. The van der Waals surface area contributed by atoms with Crippen molar-refractivity contribution >= 4 is 39.1 Å². The summed E-state index contributed by atoms with van der Waals surface area (Å²) >= 11 is 3.50. The molecule has 0 atom stereocenters. The number of benzene rings is 2. The van der Waals surface area contributed by atoms with E-state index in [2.05, 4.69) is 42.6 Å². The van der Waals surface area contributed by atoms with Crippen LogP contribution in [0.1, 0.15) is 16.8 Å². The van der Waals surface area contributed by atoms with E-state index in [1.807, 2.05) is 50.2 Å². The van der Waals surface area contributed by atoms with E-state index in [1.54, 1.807) is 12.1 Å². The Kier molecular flexibility index (Phi) is 4.96. The van der Waals surface area contributed by atoms with Crippen molar-refractivity contribution in [2.45, 2.75) is 13.8 Å². The highest BCUT2D eigenvalue weighted by Gasteiger charge is 2.05. The molecule has 3 aromatic rings. The first-order valence-corrected chi connectivity index (χ1v) is 8.49. The molecule has 3 rings (SSSR count). The molecule has 0 spiro atoms. The molecule has 0 bridgehead atoms. The molecule has 0 aliphatic heterocycles. The lowest BCUT2D eigenvalue weighted by Gasteiger charge is -2.11. The maximum atomic E-state index is 9.00. The van der Waals surface area contributed by atoms with Gasteiger partial charge in [-0.15, -0.1) is 0 Å². The first-order valence-electron chi connectivity index (χ1n) is 7.69. The molecule has 0 amide bonds. The van der Waals surface area contributed by atoms with Crippen molar-refractivity contribution in [2.24, 2.45) is 0 Å². The van der Waals surface area contributed by atoms with E-state index in [0.29, 0.717) is 17.3 Å². The molecule has 1 aromatic heterocycles. The zero-order valence-electron chi connectivity index (χ0n) is 13.8. The highest BCUT2D eigenvalue weighted by Crippen LogP contribution is 2.23. The van der Waals surface area contributed by atoms with Crippen LogP contribution in [-0.4, -0.2) is 9.97 Å². The largest absolute Gasteiger partial charge is 0.340 e. The van der Waals surface area contributed by atoms with Crippen LogP contribution in [0.3, 0.4) is 0 Å². The van der Waals surface area contributed by atoms with Crippen LogP contribution in [0.5, 0.6) is 0 Å². The maximum Gasteiger partial charge on any atom is 0.229 e. The van der Waals surface area contributed by atoms with Gasteiger partial charge in [-0.1, -0.05) is 22.0 Å². The third-order valence-electron chi connectivity index (χ3n) is 3.53. The molecular weight excluding hydrogens is 378 g/mol. The van der Waals surface area contributed by atoms with Gasteiger partial charge in [0.1, 0.15) is 5.82 Å². The summed E-state index contributed by atoms with van der Waals surface area (Å²) in [7, 11) is 0. The van der Waals surface area contributed by atoms with E-state index < -0.39 is 0 Å². The van der Waals surface area contributed by atoms with Gasteiger partial charge in [0, 0.05) is 27.6 Å². The molecule has 2 N–H and O–H groups in total. The van der Waals surface area contributed by atoms with Crippen molar-refractivity contribution in [3.05, 3.63) is 69.8 Å². The minimum absolute atomic E-state index is 0.478. The summed E-state index contributed by atoms with van der Waals surface area (Å²) < 4.78 is 1.07. The normalized spacial score (nSPS) is 10.2. The molecular formula is C19H16BrN5. The van der Waals surface area contributed by atoms with Gasteiger partial charge in [-0.25, -0.2) is 4.98 Å². The highest BCUT2D eigenvalue weighted by molar-refractivity contribution is 9.10. The van der Waals surface area contributed by atoms with Crippen LogP contribution in [0.25, 0.3) is 0 Å². The highest BCUT2D eigenvalue weighted by atomic mass is 79.9. The Labute approximate surface area is 154 Å². The minimum atomic E-state index is 0.478. The van der Waals surface area contributed by atoms with Gasteiger partial charge < -0.3 is 10.6 Å². The van der Waals surface area contributed by atoms with Gasteiger partial charge >= 0.3 is 0 Å². The lowest BCUT2D eigenvalue weighted by molar-refractivity contribution is 1.11. The predicted octanol–water partition coefficient (Wildman–Crippen LogP) is 5.21. The smallest absolute Gasteiger partial charge is 0.229 e. The summed E-state index contributed by atoms with van der Waals surface area (Å²) in [5.41, 5.74) is 4.29. The Balaban J connectivity index is 1.84. The fourth-order valence-electron chi connectivity index (χ4n) is 2.35. The van der Waals surface area contributed by atoms with E-state index in [9.17, 15) is 0 Å². The number of rotatable bonds is 4. The van der Waals surface area contributed by atoms with Crippen molar-refractivity contribution in [2.75, 3.05) is 10.6 Å². The molecule has 2 aromatic carbocycles. The molecule has 6 heteroatoms. The molecule has 0 aliphatic carbocycles. The Bertz CT molecular complexity index is 962. The van der Waals surface area contributed by atoms with Gasteiger partial charge in [-0.3, -0.25) is 0 Å². The van der Waals surface area contributed by atoms with E-state index in [4.69, 9.17) is 5.26 Å². The standard InChI is InChI=1S/C19H16BrN5/c1-12-8-16(6-7-17(12)20)23-18-9-13(2)22-19(25-18)24-15-5-3-4-14(10-15)11-21/h3-10H,1-2H3,(H2,22,23,24,25). The lowest BCUT2D eigenvalue weighted by atomic mass is 10.2. The summed E-state index contributed by atoms with van der Waals surface area (Å²) in [5.74, 6) is 1.18. The average Bonchev–Trinajstić information content (AvgIpc) is 2.58. The molecule has 0 saturated carbocycles. The topological polar surface area (TPSA) is 73.6 Å². The van der Waals surface area contributed by atoms with Crippen LogP contribution in [0.4, 0.5) is 23.1 Å². The summed E-state index contributed by atoms with van der Waals surface area (Å²) in [6.45, 7) is 3.95. The molecule has 25 heavy (non-hydrogen) atoms. The van der Waals surface area contributed by atoms with Crippen LogP contribution < -0.4 is 10.6 Å². The number of nitrogens with zero attached hydrogens (tertiary/aromatic N) is 3. The average molecular weight is 394 g/mol. The Hall–Kier alpha value is -2.91. The lowest BCUT2D eigenvalue weighted by Crippen LogP contribution is -2.02. The minimum Gasteiger partial charge on any atom is -0.340 e. The van der Waals surface area contributed by atoms with Crippen LogP contribution in [0.2, 0.25) is 0 Å². The number of hydrogen-bond acceptors (Lipinski definition) is 5. The second-order valence-corrected chi connectivity index (χ2v) is 6.48. The molecule has 0 aliphatic rings. The Morgan fingerprint density at radius 1 is 0.960 bits per heavy atom. The van der Waals surface area contributed by atoms with Crippen molar-refractivity contribution in [1.29, 1.82) is 5.26 Å². The van der Waals surface area contributed by atoms with Gasteiger partial charge in [-0.2, -0.15) is 10.2 Å². The van der Waals surface area contributed by atoms with E-state index in [0.717, 1.165) is 27.1 Å². The fourth-order valence-corrected chi connectivity index (χ4v) is 2.60. The first-order chi connectivity index (χ1) is 12.0. The molecule has 0 fully saturated rings. The SMILES string of the molecule is Cc1cc(Nc2ccc(Br)c(C)c2)nc(Nc2cccc(C#N)c2)n1. The van der Waals surface area contributed by atoms with Crippen molar-refractivity contribution < 1.29 is 0 Å². The molecule has 1 heterocycles. The Morgan fingerprint density at radius 2 is 1.76 bits per heavy atom. The molecule has 0 saturated heterocycles. The molecule has 124 valence electrons. The number of halogens is 1. The van der Waals surface area contributed by atoms with E-state index >= 15 is 0 Å². The number of hydrogen-bond donors (Lipinski definition) is 2. The zero-order chi connectivity index (χ0) is 17.8. The predicted molar refractivity (Wildman–Crippen MR) is 103 cm³/mol. The zero-order valence-corrected chi connectivity index (χ0v) is 15.4. The monoisotopic (exact) mass is 393 g/mol. The third-order valence-corrected chi connectivity index (χ3v) is 4.42. The summed E-state index contributed by atoms with van der Waals surface area (Å²) in [5, 5.41) is 15.4. The van der Waals surface area contributed by atoms with Crippen LogP contribution in [0.15, 0.2) is 53.0 Å². The van der Waals surface area contributed by atoms with Crippen molar-refractivity contribution in [3.8, 4) is 6.07 Å². The molecule has 5 nitrogen and oxygen atoms in total. The van der Waals surface area contributed by atoms with Crippen molar-refractivity contribution in [1.82, 2.24) is 9.97 Å². The van der Waals surface area contributed by atoms with Crippen LogP contribution in [-0.2, 0) is 0 Å². The number of aryl methyl sites for hydroxylation is 2. The molecule has 0 radical (unpaired) electrons. The van der Waals surface area contributed by atoms with Gasteiger partial charge in [-0.05, 0) is 55.8 Å². The summed E-state index contributed by atoms with van der Waals surface area (Å²) in [6.07, 6.45) is 0. The number of anilines is 4. The van der Waals surface area contributed by atoms with Gasteiger partial charge in [0.15, 0.2) is 0 Å². The quantitative estimate of drug-likeness (QED) is 0.635. The second kappa shape index (κ2) is 7.32. The summed E-state index contributed by atoms with van der Waals surface area (Å²) in [6, 6.07) is 17.2. The fraction of sp³-hybridized carbons (Fsp3) is 0.105. The van der Waals surface area contributed by atoms with Gasteiger partial charge in [0.05, 0.1) is 11.6 Å². The van der Waals surface area contributed by atoms with Gasteiger partial charge in [0.25, 0.3) is 0 Å². The van der Waals surface area contributed by atoms with Crippen molar-refractivity contribution in [3.63, 3.8) is 0 Å². The number of nitrogens with one attached hydrogen (secondary N) is 2. The van der Waals surface area contributed by atoms with Gasteiger partial charge in [0.2, 0.25) is 5.95 Å². The van der Waals surface area contributed by atoms with Crippen LogP contribution >= 0.6 is 15.9 Å². The summed E-state index contributed by atoms with van der Waals surface area (Å²) in [4.78, 5) is 8.91. The Morgan fingerprint density at radius 3 is 2.52 bits per heavy atom. The third kappa shape index (κ3) is 4.34. The number of aromatic nitrogens is 2. The second-order valence-electron chi connectivity index (χ2n) is 5.62. The maximum absolute atomic E-state index is 9.00. The van der Waals surface area contributed by atoms with E-state index in [1.165, 1.54) is 0 Å². The van der Waals surface area contributed by atoms with E-state index in [-0.39, 0.29) is 0 Å². The molecule has 0 unspecified atom stereocenters. The van der Waals surface area contributed by atoms with Crippen LogP contribution in [0, 0.1) is 25.2 Å². The number of nitriles is 1.